The van der Waals surface area contributed by atoms with Crippen LogP contribution in [0.3, 0.4) is 0 Å². The van der Waals surface area contributed by atoms with E-state index in [1.54, 1.807) is 0 Å². The second kappa shape index (κ2) is 14.2. The van der Waals surface area contributed by atoms with E-state index in [1.807, 2.05) is 13.8 Å². The summed E-state index contributed by atoms with van der Waals surface area (Å²) in [5, 5.41) is 11.6. The first-order chi connectivity index (χ1) is 14.6. The number of halogens is 3. The molecule has 1 aliphatic heterocycles. The van der Waals surface area contributed by atoms with E-state index < -0.39 is 46.3 Å². The maximum Gasteiger partial charge on any atom is 0.302 e. The van der Waals surface area contributed by atoms with E-state index in [4.69, 9.17) is 69.4 Å². The van der Waals surface area contributed by atoms with Gasteiger partial charge in [0.15, 0.2) is 0 Å². The molecule has 1 fully saturated rings. The number of azide groups is 1. The molecule has 0 saturated carbocycles. The highest BCUT2D eigenvalue weighted by Crippen LogP contribution is 2.33. The molecule has 1 N–H and O–H groups in total. The third-order valence-corrected chi connectivity index (χ3v) is 4.87. The number of hydrogen-bond donors (Lipinski definition) is 1. The molecule has 1 unspecified atom stereocenters. The van der Waals surface area contributed by atoms with Crippen molar-refractivity contribution >= 4 is 46.7 Å². The quantitative estimate of drug-likeness (QED) is 0.0599. The maximum atomic E-state index is 11.4. The van der Waals surface area contributed by atoms with E-state index in [0.717, 1.165) is 25.7 Å². The van der Waals surface area contributed by atoms with E-state index >= 15 is 0 Å². The normalized spacial score (nSPS) is 26.1. The third-order valence-electron chi connectivity index (χ3n) is 4.36. The van der Waals surface area contributed by atoms with Crippen molar-refractivity contribution in [3.8, 4) is 0 Å². The van der Waals surface area contributed by atoms with Crippen LogP contribution in [0.2, 0.25) is 0 Å². The molecular weight excluding hydrogens is 475 g/mol. The van der Waals surface area contributed by atoms with Crippen LogP contribution in [0.5, 0.6) is 0 Å². The van der Waals surface area contributed by atoms with Gasteiger partial charge in [-0.3, -0.25) is 10.2 Å². The summed E-state index contributed by atoms with van der Waals surface area (Å²) in [6.45, 7) is 5.88. The van der Waals surface area contributed by atoms with Crippen molar-refractivity contribution in [2.75, 3.05) is 19.8 Å². The summed E-state index contributed by atoms with van der Waals surface area (Å²) >= 11 is 17.1. The molecule has 1 aliphatic rings. The number of nitrogens with zero attached hydrogens (tertiary/aromatic N) is 3. The van der Waals surface area contributed by atoms with Gasteiger partial charge in [0.2, 0.25) is 12.2 Å². The predicted octanol–water partition coefficient (Wildman–Crippen LogP) is 4.69. The van der Waals surface area contributed by atoms with Gasteiger partial charge in [0.25, 0.3) is 3.79 Å². The Bertz CT molecular complexity index is 630. The largest absolute Gasteiger partial charge is 0.463 e. The lowest BCUT2D eigenvalue weighted by Crippen LogP contribution is -2.61. The molecule has 0 amide bonds. The Morgan fingerprint density at radius 3 is 2.23 bits per heavy atom. The predicted molar refractivity (Wildman–Crippen MR) is 117 cm³/mol. The van der Waals surface area contributed by atoms with Crippen LogP contribution in [0.4, 0.5) is 0 Å². The van der Waals surface area contributed by atoms with E-state index in [9.17, 15) is 4.79 Å². The lowest BCUT2D eigenvalue weighted by Gasteiger charge is -2.44. The summed E-state index contributed by atoms with van der Waals surface area (Å²) in [6.07, 6.45) is -0.361. The molecule has 1 heterocycles. The van der Waals surface area contributed by atoms with E-state index in [0.29, 0.717) is 13.2 Å². The van der Waals surface area contributed by atoms with Gasteiger partial charge >= 0.3 is 5.97 Å². The topological polar surface area (TPSA) is 136 Å². The molecule has 0 bridgehead atoms. The van der Waals surface area contributed by atoms with Gasteiger partial charge < -0.3 is 23.7 Å². The van der Waals surface area contributed by atoms with Gasteiger partial charge in [-0.25, -0.2) is 0 Å². The maximum absolute atomic E-state index is 11.4. The average molecular weight is 504 g/mol. The standard InChI is InChI=1S/C18H29Cl3N4O6/c1-4-6-8-27-14-12(10-29-11(3)26)30-16(31-17(22)18(19,20)21)13(24-25-23)15(14)28-9-7-5-2/h12-16,22H,4-10H2,1-3H3/t12-,13?,14+,15+,16+/m0/s1. The lowest BCUT2D eigenvalue weighted by molar-refractivity contribution is -0.264. The highest BCUT2D eigenvalue weighted by molar-refractivity contribution is 6.76. The number of nitrogens with one attached hydrogen (secondary N) is 1. The molecule has 178 valence electrons. The Labute approximate surface area is 196 Å². The lowest BCUT2D eigenvalue weighted by atomic mass is 9.96. The van der Waals surface area contributed by atoms with Gasteiger partial charge in [0, 0.05) is 25.0 Å². The molecule has 13 heteroatoms. The number of esters is 1. The number of unbranched alkanes of at least 4 members (excludes halogenated alkanes) is 2. The fourth-order valence-corrected chi connectivity index (χ4v) is 2.94. The number of carbonyl (C=O) groups is 1. The number of carbonyl (C=O) groups excluding carboxylic acids is 1. The molecule has 31 heavy (non-hydrogen) atoms. The first kappa shape index (κ1) is 28.0. The van der Waals surface area contributed by atoms with Crippen molar-refractivity contribution in [2.24, 2.45) is 5.11 Å². The number of ether oxygens (including phenoxy) is 5. The molecular formula is C18H29Cl3N4O6. The zero-order valence-electron chi connectivity index (χ0n) is 17.8. The SMILES string of the molecule is CCCCO[C@@H]1[C@H](COC(C)=O)O[C@H](OC(=N)C(Cl)(Cl)Cl)C(N=[N+]=[N-])[C@H]1OCCCC. The highest BCUT2D eigenvalue weighted by Gasteiger charge is 2.50. The van der Waals surface area contributed by atoms with Gasteiger partial charge in [-0.15, -0.1) is 0 Å². The van der Waals surface area contributed by atoms with Crippen molar-refractivity contribution in [3.63, 3.8) is 0 Å². The Hall–Kier alpha value is -1.00. The second-order valence-corrected chi connectivity index (χ2v) is 9.14. The first-order valence-corrected chi connectivity index (χ1v) is 11.2. The van der Waals surface area contributed by atoms with Gasteiger partial charge in [-0.2, -0.15) is 0 Å². The number of rotatable bonds is 12. The van der Waals surface area contributed by atoms with Crippen LogP contribution in [0.15, 0.2) is 5.11 Å². The average Bonchev–Trinajstić information content (AvgIpc) is 2.69. The summed E-state index contributed by atoms with van der Waals surface area (Å²) < 4.78 is 26.2. The van der Waals surface area contributed by atoms with Gasteiger partial charge in [-0.1, -0.05) is 66.6 Å². The zero-order chi connectivity index (χ0) is 23.4. The van der Waals surface area contributed by atoms with Crippen molar-refractivity contribution in [1.29, 1.82) is 5.41 Å². The van der Waals surface area contributed by atoms with Crippen molar-refractivity contribution in [3.05, 3.63) is 10.4 Å². The van der Waals surface area contributed by atoms with Crippen molar-refractivity contribution < 1.29 is 28.5 Å². The monoisotopic (exact) mass is 502 g/mol. The number of hydrogen-bond acceptors (Lipinski definition) is 8. The molecule has 0 aromatic heterocycles. The molecule has 0 aromatic rings. The Kier molecular flexibility index (Phi) is 12.9. The van der Waals surface area contributed by atoms with Gasteiger partial charge in [0.1, 0.15) is 31.0 Å². The summed E-state index contributed by atoms with van der Waals surface area (Å²) in [6, 6.07) is -1.05. The minimum Gasteiger partial charge on any atom is -0.463 e. The van der Waals surface area contributed by atoms with Crippen molar-refractivity contribution in [2.45, 2.75) is 80.9 Å². The fourth-order valence-electron chi connectivity index (χ4n) is 2.81. The van der Waals surface area contributed by atoms with E-state index in [-0.39, 0.29) is 6.61 Å². The van der Waals surface area contributed by atoms with Crippen LogP contribution in [-0.2, 0) is 28.5 Å². The minimum atomic E-state index is -2.15. The van der Waals surface area contributed by atoms with Crippen LogP contribution in [0.25, 0.3) is 10.4 Å². The number of alkyl halides is 3. The van der Waals surface area contributed by atoms with Crippen LogP contribution in [0, 0.1) is 5.41 Å². The Morgan fingerprint density at radius 2 is 1.74 bits per heavy atom. The van der Waals surface area contributed by atoms with Crippen molar-refractivity contribution in [1.82, 2.24) is 0 Å². The van der Waals surface area contributed by atoms with Crippen LogP contribution in [0.1, 0.15) is 46.5 Å². The van der Waals surface area contributed by atoms with Gasteiger partial charge in [-0.05, 0) is 18.4 Å². The Morgan fingerprint density at radius 1 is 1.16 bits per heavy atom. The van der Waals surface area contributed by atoms with Gasteiger partial charge in [0.05, 0.1) is 0 Å². The van der Waals surface area contributed by atoms with Crippen LogP contribution in [-0.4, -0.2) is 66.1 Å². The fraction of sp³-hybridized carbons (Fsp3) is 0.889. The summed E-state index contributed by atoms with van der Waals surface area (Å²) in [7, 11) is 0. The molecule has 1 saturated heterocycles. The molecule has 5 atom stereocenters. The molecule has 0 aliphatic carbocycles. The molecule has 1 rings (SSSR count). The zero-order valence-corrected chi connectivity index (χ0v) is 20.0. The first-order valence-electron chi connectivity index (χ1n) is 10.0. The highest BCUT2D eigenvalue weighted by atomic mass is 35.6. The van der Waals surface area contributed by atoms with Crippen LogP contribution >= 0.6 is 34.8 Å². The smallest absolute Gasteiger partial charge is 0.302 e. The van der Waals surface area contributed by atoms with E-state index in [2.05, 4.69) is 10.0 Å². The third kappa shape index (κ3) is 9.57. The summed E-state index contributed by atoms with van der Waals surface area (Å²) in [5.74, 6) is -1.23. The summed E-state index contributed by atoms with van der Waals surface area (Å²) in [4.78, 5) is 14.2. The molecule has 0 radical (unpaired) electrons. The molecule has 0 aromatic carbocycles. The van der Waals surface area contributed by atoms with Crippen LogP contribution < -0.4 is 0 Å². The minimum absolute atomic E-state index is 0.163. The summed E-state index contributed by atoms with van der Waals surface area (Å²) in [5.41, 5.74) is 9.11. The Balaban J connectivity index is 3.24. The second-order valence-electron chi connectivity index (χ2n) is 6.86. The molecule has 10 nitrogen and oxygen atoms in total. The molecule has 0 spiro atoms. The van der Waals surface area contributed by atoms with E-state index in [1.165, 1.54) is 6.92 Å².